The molecule has 2 heterocycles. The monoisotopic (exact) mass is 531 g/mol. The lowest BCUT2D eigenvalue weighted by atomic mass is 10.0. The van der Waals surface area contributed by atoms with Crippen molar-refractivity contribution >= 4 is 39.7 Å². The molecule has 2 aromatic carbocycles. The second-order valence-electron chi connectivity index (χ2n) is 9.57. The van der Waals surface area contributed by atoms with Crippen molar-refractivity contribution in [1.29, 1.82) is 0 Å². The Balaban J connectivity index is 0.00000195. The van der Waals surface area contributed by atoms with Crippen LogP contribution in [0.4, 0.5) is 5.69 Å². The zero-order valence-corrected chi connectivity index (χ0v) is 24.4. The summed E-state index contributed by atoms with van der Waals surface area (Å²) in [4.78, 5) is 14.1. The number of fused-ring (bicyclic) bond motifs is 1. The molecule has 3 aromatic rings. The van der Waals surface area contributed by atoms with Crippen molar-refractivity contribution in [3.8, 4) is 11.3 Å². The molecule has 0 spiro atoms. The van der Waals surface area contributed by atoms with Crippen molar-refractivity contribution in [3.63, 3.8) is 0 Å². The fourth-order valence-corrected chi connectivity index (χ4v) is 4.92. The zero-order chi connectivity index (χ0) is 27.8. The van der Waals surface area contributed by atoms with E-state index < -0.39 is 0 Å². The number of pyridine rings is 1. The van der Waals surface area contributed by atoms with E-state index in [1.807, 2.05) is 45.0 Å². The summed E-state index contributed by atoms with van der Waals surface area (Å²) in [6.45, 7) is 22.6. The van der Waals surface area contributed by atoms with Crippen molar-refractivity contribution in [2.24, 2.45) is 10.7 Å². The first kappa shape index (κ1) is 29.2. The molecule has 0 aliphatic carbocycles. The van der Waals surface area contributed by atoms with Crippen LogP contribution in [0.3, 0.4) is 0 Å². The molecule has 2 N–H and O–H groups in total. The highest BCUT2D eigenvalue weighted by molar-refractivity contribution is 6.35. The Morgan fingerprint density at radius 3 is 2.34 bits per heavy atom. The molecule has 1 aliphatic heterocycles. The van der Waals surface area contributed by atoms with Crippen molar-refractivity contribution in [2.45, 2.75) is 53.9 Å². The maximum Gasteiger partial charge on any atom is 0.0965 e. The fourth-order valence-electron chi connectivity index (χ4n) is 4.66. The van der Waals surface area contributed by atoms with E-state index in [0.717, 1.165) is 77.3 Å². The second kappa shape index (κ2) is 13.5. The predicted octanol–water partition coefficient (Wildman–Crippen LogP) is 8.19. The third-order valence-electron chi connectivity index (χ3n) is 6.81. The standard InChI is InChI=1S/C30H36ClN5.C2H6/c1-6-7-8-21(3)35-13-15-36(16-14-35)22(4)24-9-11-26-27(31)19-29(34-30(26)18-24)25-10-12-28(20(2)17-25)33-23(5)32;1-2/h9-12,17-19H,3-4,6-8,13-16H2,1-2,5H3,(H2,32,33);1-2H3. The number of allylic oxidation sites excluding steroid dienone is 1. The lowest BCUT2D eigenvalue weighted by molar-refractivity contribution is 0.209. The summed E-state index contributed by atoms with van der Waals surface area (Å²) < 4.78 is 0. The number of benzene rings is 2. The van der Waals surface area contributed by atoms with E-state index in [-0.39, 0.29) is 0 Å². The number of unbranched alkanes of at least 4 members (excludes halogenated alkanes) is 1. The van der Waals surface area contributed by atoms with Gasteiger partial charge >= 0.3 is 0 Å². The molecule has 6 heteroatoms. The minimum absolute atomic E-state index is 0.535. The van der Waals surface area contributed by atoms with Crippen molar-refractivity contribution in [3.05, 3.63) is 77.5 Å². The lowest BCUT2D eigenvalue weighted by Gasteiger charge is -2.39. The van der Waals surface area contributed by atoms with E-state index in [1.54, 1.807) is 6.92 Å². The smallest absolute Gasteiger partial charge is 0.0965 e. The third-order valence-corrected chi connectivity index (χ3v) is 7.12. The topological polar surface area (TPSA) is 57.8 Å². The van der Waals surface area contributed by atoms with Crippen LogP contribution in [-0.2, 0) is 0 Å². The van der Waals surface area contributed by atoms with E-state index in [0.29, 0.717) is 10.9 Å². The van der Waals surface area contributed by atoms with Gasteiger partial charge in [-0.05, 0) is 62.1 Å². The minimum atomic E-state index is 0.535. The number of nitrogens with zero attached hydrogens (tertiary/aromatic N) is 4. The van der Waals surface area contributed by atoms with Gasteiger partial charge in [0.2, 0.25) is 0 Å². The molecular formula is C32H42ClN5. The van der Waals surface area contributed by atoms with Crippen LogP contribution < -0.4 is 5.73 Å². The second-order valence-corrected chi connectivity index (χ2v) is 9.97. The van der Waals surface area contributed by atoms with Crippen LogP contribution in [-0.4, -0.2) is 46.8 Å². The summed E-state index contributed by atoms with van der Waals surface area (Å²) in [5, 5.41) is 1.62. The number of aliphatic imine (C=N–C) groups is 1. The molecule has 0 atom stereocenters. The summed E-state index contributed by atoms with van der Waals surface area (Å²) in [6.07, 6.45) is 3.48. The largest absolute Gasteiger partial charge is 0.387 e. The van der Waals surface area contributed by atoms with Crippen LogP contribution in [0.15, 0.2) is 66.3 Å². The highest BCUT2D eigenvalue weighted by Gasteiger charge is 2.20. The number of hydrogen-bond acceptors (Lipinski definition) is 4. The molecule has 4 rings (SSSR count). The van der Waals surface area contributed by atoms with Gasteiger partial charge < -0.3 is 15.5 Å². The molecule has 0 radical (unpaired) electrons. The van der Waals surface area contributed by atoms with Gasteiger partial charge in [0.05, 0.1) is 27.8 Å². The van der Waals surface area contributed by atoms with Crippen LogP contribution in [0.25, 0.3) is 27.9 Å². The van der Waals surface area contributed by atoms with Crippen LogP contribution in [0.1, 0.15) is 58.1 Å². The van der Waals surface area contributed by atoms with Gasteiger partial charge in [-0.2, -0.15) is 0 Å². The van der Waals surface area contributed by atoms with Crippen LogP contribution in [0.2, 0.25) is 5.02 Å². The maximum absolute atomic E-state index is 6.69. The molecule has 1 fully saturated rings. The summed E-state index contributed by atoms with van der Waals surface area (Å²) in [7, 11) is 0. The van der Waals surface area contributed by atoms with Gasteiger partial charge in [-0.25, -0.2) is 9.98 Å². The lowest BCUT2D eigenvalue weighted by Crippen LogP contribution is -2.44. The first-order valence-electron chi connectivity index (χ1n) is 13.7. The molecule has 0 bridgehead atoms. The zero-order valence-electron chi connectivity index (χ0n) is 23.6. The van der Waals surface area contributed by atoms with Gasteiger partial charge in [-0.15, -0.1) is 0 Å². The summed E-state index contributed by atoms with van der Waals surface area (Å²) in [5.41, 5.74) is 13.7. The van der Waals surface area contributed by atoms with Crippen LogP contribution >= 0.6 is 11.6 Å². The van der Waals surface area contributed by atoms with Crippen LogP contribution in [0.5, 0.6) is 0 Å². The van der Waals surface area contributed by atoms with Gasteiger partial charge in [0.15, 0.2) is 0 Å². The number of aromatic nitrogens is 1. The molecule has 0 unspecified atom stereocenters. The molecule has 0 saturated carbocycles. The van der Waals surface area contributed by atoms with E-state index in [4.69, 9.17) is 22.3 Å². The number of piperazine rings is 1. The van der Waals surface area contributed by atoms with Gasteiger partial charge in [0, 0.05) is 48.5 Å². The highest BCUT2D eigenvalue weighted by Crippen LogP contribution is 2.32. The summed E-state index contributed by atoms with van der Waals surface area (Å²) >= 11 is 6.69. The first-order chi connectivity index (χ1) is 18.3. The fraction of sp³-hybridized carbons (Fsp3) is 0.375. The third kappa shape index (κ3) is 6.96. The average Bonchev–Trinajstić information content (AvgIpc) is 2.93. The van der Waals surface area contributed by atoms with Gasteiger partial charge in [-0.3, -0.25) is 0 Å². The van der Waals surface area contributed by atoms with E-state index in [9.17, 15) is 0 Å². The molecule has 1 saturated heterocycles. The van der Waals surface area contributed by atoms with E-state index in [1.165, 1.54) is 18.5 Å². The molecule has 1 aliphatic rings. The Labute approximate surface area is 233 Å². The Bertz CT molecular complexity index is 1310. The Morgan fingerprint density at radius 1 is 1.03 bits per heavy atom. The molecule has 0 amide bonds. The Morgan fingerprint density at radius 2 is 1.71 bits per heavy atom. The molecule has 38 heavy (non-hydrogen) atoms. The average molecular weight is 532 g/mol. The number of rotatable bonds is 8. The molecular weight excluding hydrogens is 490 g/mol. The van der Waals surface area contributed by atoms with Crippen LogP contribution in [0, 0.1) is 6.92 Å². The molecule has 202 valence electrons. The van der Waals surface area contributed by atoms with E-state index in [2.05, 4.69) is 53.1 Å². The molecule has 5 nitrogen and oxygen atoms in total. The van der Waals surface area contributed by atoms with Crippen molar-refractivity contribution in [2.75, 3.05) is 26.2 Å². The summed E-state index contributed by atoms with van der Waals surface area (Å²) in [6, 6.07) is 14.2. The number of aryl methyl sites for hydroxylation is 1. The maximum atomic E-state index is 6.69. The summed E-state index contributed by atoms with van der Waals surface area (Å²) in [5.74, 6) is 0.535. The predicted molar refractivity (Wildman–Crippen MR) is 166 cm³/mol. The number of halogens is 1. The quantitative estimate of drug-likeness (QED) is 0.235. The Kier molecular flexibility index (Phi) is 10.4. The van der Waals surface area contributed by atoms with Gasteiger partial charge in [0.25, 0.3) is 0 Å². The number of amidine groups is 1. The molecule has 1 aromatic heterocycles. The van der Waals surface area contributed by atoms with Crippen molar-refractivity contribution in [1.82, 2.24) is 14.8 Å². The Hall–Kier alpha value is -3.31. The highest BCUT2D eigenvalue weighted by atomic mass is 35.5. The first-order valence-corrected chi connectivity index (χ1v) is 14.0. The SMILES string of the molecule is C=C(CCCC)N1CCN(C(=C)c2ccc3c(Cl)cc(-c4ccc(N=C(C)N)c(C)c4)nc3c2)CC1.CC. The normalized spacial score (nSPS) is 13.8. The minimum Gasteiger partial charge on any atom is -0.387 e. The van der Waals surface area contributed by atoms with Gasteiger partial charge in [0.1, 0.15) is 0 Å². The van der Waals surface area contributed by atoms with Crippen molar-refractivity contribution < 1.29 is 0 Å². The number of hydrogen-bond donors (Lipinski definition) is 1. The van der Waals surface area contributed by atoms with E-state index >= 15 is 0 Å². The number of nitrogens with two attached hydrogens (primary N) is 1. The van der Waals surface area contributed by atoms with Gasteiger partial charge in [-0.1, -0.05) is 70.1 Å².